The normalized spacial score (nSPS) is 13.9. The highest BCUT2D eigenvalue weighted by Crippen LogP contribution is 2.32. The van der Waals surface area contributed by atoms with Gasteiger partial charge in [0.25, 0.3) is 11.8 Å². The molecule has 1 N–H and O–H groups in total. The number of imide groups is 1. The third kappa shape index (κ3) is 3.77. The summed E-state index contributed by atoms with van der Waals surface area (Å²) in [7, 11) is 0. The van der Waals surface area contributed by atoms with Gasteiger partial charge in [-0.1, -0.05) is 48.4 Å². The topological polar surface area (TPSA) is 75.7 Å². The molecule has 28 heavy (non-hydrogen) atoms. The number of hydrogen-bond acceptors (Lipinski definition) is 5. The van der Waals surface area contributed by atoms with Crippen LogP contribution in [0.25, 0.3) is 0 Å². The predicted molar refractivity (Wildman–Crippen MR) is 107 cm³/mol. The Morgan fingerprint density at radius 2 is 1.75 bits per heavy atom. The second-order valence-electron chi connectivity index (χ2n) is 6.28. The average Bonchev–Trinajstić information content (AvgIpc) is 2.91. The highest BCUT2D eigenvalue weighted by Gasteiger charge is 2.40. The Balaban J connectivity index is 1.91. The van der Waals surface area contributed by atoms with Crippen molar-refractivity contribution in [3.63, 3.8) is 0 Å². The van der Waals surface area contributed by atoms with Crippen LogP contribution >= 0.6 is 11.6 Å². The molecule has 0 saturated carbocycles. The highest BCUT2D eigenvalue weighted by atomic mass is 35.5. The number of nitrogens with one attached hydrogen (secondary N) is 1. The molecule has 1 aliphatic rings. The number of ether oxygens (including phenoxy) is 1. The SMILES string of the molecule is CCCOC(=O)c1ccccc1N1C(=O)C(Cl)=C(Nc2ccc(C)cc2)C1=O. The van der Waals surface area contributed by atoms with Gasteiger partial charge in [0.15, 0.2) is 0 Å². The second kappa shape index (κ2) is 8.27. The van der Waals surface area contributed by atoms with Crippen molar-refractivity contribution in [1.29, 1.82) is 0 Å². The molecule has 0 atom stereocenters. The summed E-state index contributed by atoms with van der Waals surface area (Å²) in [6, 6.07) is 13.6. The molecule has 0 radical (unpaired) electrons. The van der Waals surface area contributed by atoms with Crippen LogP contribution in [0.15, 0.2) is 59.3 Å². The molecule has 2 aromatic rings. The van der Waals surface area contributed by atoms with Crippen molar-refractivity contribution < 1.29 is 19.1 Å². The molecule has 7 heteroatoms. The van der Waals surface area contributed by atoms with Gasteiger partial charge >= 0.3 is 5.97 Å². The minimum absolute atomic E-state index is 0.0350. The standard InChI is InChI=1S/C21H19ClN2O4/c1-3-12-28-21(27)15-6-4-5-7-16(15)24-19(25)17(22)18(20(24)26)23-14-10-8-13(2)9-11-14/h4-11,23H,3,12H2,1-2H3. The minimum Gasteiger partial charge on any atom is -0.462 e. The molecular formula is C21H19ClN2O4. The van der Waals surface area contributed by atoms with E-state index in [9.17, 15) is 14.4 Å². The molecule has 144 valence electrons. The van der Waals surface area contributed by atoms with Crippen molar-refractivity contribution in [3.8, 4) is 0 Å². The number of nitrogens with zero attached hydrogens (tertiary/aromatic N) is 1. The summed E-state index contributed by atoms with van der Waals surface area (Å²) in [5.41, 5.74) is 1.90. The Morgan fingerprint density at radius 1 is 1.07 bits per heavy atom. The van der Waals surface area contributed by atoms with Crippen molar-refractivity contribution in [2.75, 3.05) is 16.8 Å². The Hall–Kier alpha value is -3.12. The number of carbonyl (C=O) groups is 3. The maximum absolute atomic E-state index is 12.9. The Morgan fingerprint density at radius 3 is 2.43 bits per heavy atom. The van der Waals surface area contributed by atoms with E-state index in [2.05, 4.69) is 5.32 Å². The average molecular weight is 399 g/mol. The van der Waals surface area contributed by atoms with Crippen LogP contribution in [0, 0.1) is 6.92 Å². The van der Waals surface area contributed by atoms with Crippen LogP contribution < -0.4 is 10.2 Å². The van der Waals surface area contributed by atoms with Crippen molar-refractivity contribution in [2.24, 2.45) is 0 Å². The van der Waals surface area contributed by atoms with Crippen LogP contribution in [0.2, 0.25) is 0 Å². The van der Waals surface area contributed by atoms with E-state index in [1.807, 2.05) is 26.0 Å². The van der Waals surface area contributed by atoms with E-state index in [0.29, 0.717) is 12.1 Å². The number of hydrogen-bond donors (Lipinski definition) is 1. The molecule has 2 aromatic carbocycles. The third-order valence-corrected chi connectivity index (χ3v) is 4.50. The van der Waals surface area contributed by atoms with Gasteiger partial charge in [0.1, 0.15) is 10.7 Å². The van der Waals surface area contributed by atoms with E-state index in [-0.39, 0.29) is 28.6 Å². The summed E-state index contributed by atoms with van der Waals surface area (Å²) in [6.45, 7) is 4.06. The molecule has 2 amide bonds. The summed E-state index contributed by atoms with van der Waals surface area (Å²) >= 11 is 6.15. The highest BCUT2D eigenvalue weighted by molar-refractivity contribution is 6.53. The van der Waals surface area contributed by atoms with E-state index >= 15 is 0 Å². The summed E-state index contributed by atoms with van der Waals surface area (Å²) < 4.78 is 5.16. The van der Waals surface area contributed by atoms with Crippen molar-refractivity contribution >= 4 is 40.8 Å². The quantitative estimate of drug-likeness (QED) is 0.588. The molecule has 6 nitrogen and oxygen atoms in total. The van der Waals surface area contributed by atoms with Gasteiger partial charge in [-0.3, -0.25) is 9.59 Å². The first-order chi connectivity index (χ1) is 13.4. The first-order valence-electron chi connectivity index (χ1n) is 8.82. The summed E-state index contributed by atoms with van der Waals surface area (Å²) in [4.78, 5) is 38.9. The lowest BCUT2D eigenvalue weighted by atomic mass is 10.1. The van der Waals surface area contributed by atoms with Crippen LogP contribution in [-0.4, -0.2) is 24.4 Å². The van der Waals surface area contributed by atoms with Gasteiger partial charge < -0.3 is 10.1 Å². The molecular weight excluding hydrogens is 380 g/mol. The Bertz CT molecular complexity index is 967. The maximum atomic E-state index is 12.9. The van der Waals surface area contributed by atoms with E-state index in [1.165, 1.54) is 12.1 Å². The molecule has 0 fully saturated rings. The maximum Gasteiger partial charge on any atom is 0.340 e. The first-order valence-corrected chi connectivity index (χ1v) is 9.20. The molecule has 1 heterocycles. The predicted octanol–water partition coefficient (Wildman–Crippen LogP) is 4.00. The lowest BCUT2D eigenvalue weighted by Gasteiger charge is -2.18. The van der Waals surface area contributed by atoms with E-state index in [4.69, 9.17) is 16.3 Å². The van der Waals surface area contributed by atoms with E-state index in [0.717, 1.165) is 10.5 Å². The van der Waals surface area contributed by atoms with Gasteiger partial charge in [0, 0.05) is 5.69 Å². The fraction of sp³-hybridized carbons (Fsp3) is 0.190. The fourth-order valence-corrected chi connectivity index (χ4v) is 2.94. The van der Waals surface area contributed by atoms with E-state index < -0.39 is 17.8 Å². The van der Waals surface area contributed by atoms with Crippen molar-refractivity contribution in [1.82, 2.24) is 0 Å². The number of aryl methyl sites for hydroxylation is 1. The van der Waals surface area contributed by atoms with Gasteiger partial charge in [-0.15, -0.1) is 0 Å². The largest absolute Gasteiger partial charge is 0.462 e. The molecule has 0 unspecified atom stereocenters. The number of rotatable bonds is 6. The van der Waals surface area contributed by atoms with Crippen molar-refractivity contribution in [3.05, 3.63) is 70.4 Å². The van der Waals surface area contributed by atoms with Crippen LogP contribution in [0.3, 0.4) is 0 Å². The Labute approximate surface area is 167 Å². The molecule has 0 aliphatic carbocycles. The first kappa shape index (κ1) is 19.6. The van der Waals surface area contributed by atoms with Gasteiger partial charge in [-0.2, -0.15) is 0 Å². The number of halogens is 1. The van der Waals surface area contributed by atoms with Crippen molar-refractivity contribution in [2.45, 2.75) is 20.3 Å². The molecule has 0 saturated heterocycles. The smallest absolute Gasteiger partial charge is 0.340 e. The molecule has 0 spiro atoms. The fourth-order valence-electron chi connectivity index (χ4n) is 2.73. The lowest BCUT2D eigenvalue weighted by molar-refractivity contribution is -0.120. The zero-order valence-electron chi connectivity index (χ0n) is 15.5. The van der Waals surface area contributed by atoms with Gasteiger partial charge in [-0.25, -0.2) is 9.69 Å². The molecule has 1 aliphatic heterocycles. The van der Waals surface area contributed by atoms with Gasteiger partial charge in [-0.05, 0) is 37.6 Å². The van der Waals surface area contributed by atoms with Crippen LogP contribution in [0.5, 0.6) is 0 Å². The number of anilines is 2. The monoisotopic (exact) mass is 398 g/mol. The van der Waals surface area contributed by atoms with Crippen LogP contribution in [0.4, 0.5) is 11.4 Å². The number of carbonyl (C=O) groups excluding carboxylic acids is 3. The van der Waals surface area contributed by atoms with Gasteiger partial charge in [0.05, 0.1) is 17.9 Å². The zero-order valence-corrected chi connectivity index (χ0v) is 16.2. The van der Waals surface area contributed by atoms with Crippen LogP contribution in [-0.2, 0) is 14.3 Å². The summed E-state index contributed by atoms with van der Waals surface area (Å²) in [5.74, 6) is -1.93. The second-order valence-corrected chi connectivity index (χ2v) is 6.66. The molecule has 0 bridgehead atoms. The summed E-state index contributed by atoms with van der Waals surface area (Å²) in [5, 5.41) is 2.67. The zero-order chi connectivity index (χ0) is 20.3. The minimum atomic E-state index is -0.697. The lowest BCUT2D eigenvalue weighted by Crippen LogP contribution is -2.33. The number of para-hydroxylation sites is 1. The number of esters is 1. The number of benzene rings is 2. The number of amides is 2. The van der Waals surface area contributed by atoms with E-state index in [1.54, 1.807) is 24.3 Å². The summed E-state index contributed by atoms with van der Waals surface area (Å²) in [6.07, 6.45) is 0.660. The van der Waals surface area contributed by atoms with Crippen LogP contribution in [0.1, 0.15) is 29.3 Å². The Kier molecular flexibility index (Phi) is 5.80. The molecule has 3 rings (SSSR count). The van der Waals surface area contributed by atoms with Gasteiger partial charge in [0.2, 0.25) is 0 Å². The third-order valence-electron chi connectivity index (χ3n) is 4.15. The molecule has 0 aromatic heterocycles.